The maximum atomic E-state index is 5.92. The van der Waals surface area contributed by atoms with Gasteiger partial charge in [0.05, 0.1) is 18.8 Å². The van der Waals surface area contributed by atoms with Crippen molar-refractivity contribution in [2.75, 3.05) is 30.4 Å². The topological polar surface area (TPSA) is 63.2 Å². The molecule has 6 nitrogen and oxygen atoms in total. The van der Waals surface area contributed by atoms with Gasteiger partial charge >= 0.3 is 0 Å². The van der Waals surface area contributed by atoms with Crippen molar-refractivity contribution in [3.63, 3.8) is 0 Å². The number of rotatable bonds is 3. The van der Waals surface area contributed by atoms with Gasteiger partial charge in [0, 0.05) is 13.6 Å². The molecule has 2 atom stereocenters. The third-order valence-electron chi connectivity index (χ3n) is 3.02. The van der Waals surface area contributed by atoms with Crippen molar-refractivity contribution < 1.29 is 4.74 Å². The summed E-state index contributed by atoms with van der Waals surface area (Å²) >= 11 is 5.92. The normalized spacial score (nSPS) is 24.1. The average Bonchev–Trinajstić information content (AvgIpc) is 2.38. The standard InChI is InChI=1S/C11H18ClN5O/c1-4-8-6-18-7(2)5-17(8)11-15-9(12)14-10(13-3)16-11/h7-8H,4-6H2,1-3H3,(H,13,14,15,16). The Morgan fingerprint density at radius 3 is 2.89 bits per heavy atom. The van der Waals surface area contributed by atoms with E-state index in [2.05, 4.69) is 32.1 Å². The maximum Gasteiger partial charge on any atom is 0.231 e. The second-order valence-electron chi connectivity index (χ2n) is 4.34. The molecule has 2 rings (SSSR count). The van der Waals surface area contributed by atoms with E-state index in [1.165, 1.54) is 0 Å². The molecule has 0 bridgehead atoms. The van der Waals surface area contributed by atoms with Crippen molar-refractivity contribution >= 4 is 23.5 Å². The summed E-state index contributed by atoms with van der Waals surface area (Å²) in [6.07, 6.45) is 1.15. The molecule has 1 aromatic rings. The molecule has 1 aromatic heterocycles. The summed E-state index contributed by atoms with van der Waals surface area (Å²) < 4.78 is 5.66. The number of hydrogen-bond acceptors (Lipinski definition) is 6. The van der Waals surface area contributed by atoms with Gasteiger partial charge in [0.25, 0.3) is 0 Å². The van der Waals surface area contributed by atoms with Crippen LogP contribution in [-0.2, 0) is 4.74 Å². The summed E-state index contributed by atoms with van der Waals surface area (Å²) in [7, 11) is 1.76. The van der Waals surface area contributed by atoms with Gasteiger partial charge in [-0.15, -0.1) is 0 Å². The number of hydrogen-bond donors (Lipinski definition) is 1. The molecule has 1 N–H and O–H groups in total. The van der Waals surface area contributed by atoms with Crippen molar-refractivity contribution in [2.24, 2.45) is 0 Å². The molecule has 18 heavy (non-hydrogen) atoms. The number of ether oxygens (including phenoxy) is 1. The zero-order valence-corrected chi connectivity index (χ0v) is 11.6. The number of morpholine rings is 1. The highest BCUT2D eigenvalue weighted by Crippen LogP contribution is 2.21. The van der Waals surface area contributed by atoms with Gasteiger partial charge in [-0.2, -0.15) is 15.0 Å². The van der Waals surface area contributed by atoms with Gasteiger partial charge in [-0.1, -0.05) is 6.92 Å². The van der Waals surface area contributed by atoms with Crippen LogP contribution in [0.3, 0.4) is 0 Å². The number of nitrogens with one attached hydrogen (secondary N) is 1. The highest BCUT2D eigenvalue weighted by molar-refractivity contribution is 6.28. The van der Waals surface area contributed by atoms with E-state index in [0.29, 0.717) is 18.5 Å². The van der Waals surface area contributed by atoms with Crippen LogP contribution in [0, 0.1) is 0 Å². The van der Waals surface area contributed by atoms with Crippen LogP contribution in [0.15, 0.2) is 0 Å². The van der Waals surface area contributed by atoms with Crippen LogP contribution < -0.4 is 10.2 Å². The van der Waals surface area contributed by atoms with Gasteiger partial charge in [-0.3, -0.25) is 0 Å². The minimum Gasteiger partial charge on any atom is -0.375 e. The molecule has 0 spiro atoms. The lowest BCUT2D eigenvalue weighted by molar-refractivity contribution is 0.0292. The van der Waals surface area contributed by atoms with E-state index in [4.69, 9.17) is 16.3 Å². The fraction of sp³-hybridized carbons (Fsp3) is 0.727. The first-order valence-corrected chi connectivity index (χ1v) is 6.49. The van der Waals surface area contributed by atoms with E-state index in [-0.39, 0.29) is 17.4 Å². The molecule has 100 valence electrons. The minimum absolute atomic E-state index is 0.168. The van der Waals surface area contributed by atoms with Crippen molar-refractivity contribution in [1.82, 2.24) is 15.0 Å². The Kier molecular flexibility index (Phi) is 4.19. The monoisotopic (exact) mass is 271 g/mol. The van der Waals surface area contributed by atoms with E-state index in [1.807, 2.05) is 6.92 Å². The second kappa shape index (κ2) is 5.67. The summed E-state index contributed by atoms with van der Waals surface area (Å²) in [5.74, 6) is 1.10. The third kappa shape index (κ3) is 2.81. The number of nitrogens with zero attached hydrogens (tertiary/aromatic N) is 4. The minimum atomic E-state index is 0.168. The molecule has 0 saturated carbocycles. The zero-order chi connectivity index (χ0) is 13.1. The largest absolute Gasteiger partial charge is 0.375 e. The summed E-state index contributed by atoms with van der Waals surface area (Å²) in [5.41, 5.74) is 0. The van der Waals surface area contributed by atoms with Crippen LogP contribution >= 0.6 is 11.6 Å². The molecule has 2 unspecified atom stereocenters. The Hall–Kier alpha value is -1.14. The van der Waals surface area contributed by atoms with E-state index in [9.17, 15) is 0 Å². The number of aromatic nitrogens is 3. The molecular formula is C11H18ClN5O. The Balaban J connectivity index is 2.29. The highest BCUT2D eigenvalue weighted by atomic mass is 35.5. The molecule has 1 fully saturated rings. The van der Waals surface area contributed by atoms with Crippen LogP contribution in [0.4, 0.5) is 11.9 Å². The van der Waals surface area contributed by atoms with Gasteiger partial charge in [0.15, 0.2) is 0 Å². The SMILES string of the molecule is CCC1COC(C)CN1c1nc(Cl)nc(NC)n1. The molecule has 0 radical (unpaired) electrons. The Morgan fingerprint density at radius 2 is 2.22 bits per heavy atom. The number of halogens is 1. The summed E-state index contributed by atoms with van der Waals surface area (Å²) in [4.78, 5) is 14.7. The van der Waals surface area contributed by atoms with Gasteiger partial charge < -0.3 is 15.0 Å². The fourth-order valence-electron chi connectivity index (χ4n) is 2.01. The lowest BCUT2D eigenvalue weighted by atomic mass is 10.1. The average molecular weight is 272 g/mol. The lowest BCUT2D eigenvalue weighted by Gasteiger charge is -2.38. The van der Waals surface area contributed by atoms with Gasteiger partial charge in [-0.05, 0) is 24.9 Å². The molecule has 0 aliphatic carbocycles. The Bertz CT molecular complexity index is 416. The van der Waals surface area contributed by atoms with Crippen LogP contribution in [0.25, 0.3) is 0 Å². The van der Waals surface area contributed by atoms with Crippen molar-refractivity contribution in [2.45, 2.75) is 32.4 Å². The first kappa shape index (κ1) is 13.3. The van der Waals surface area contributed by atoms with Crippen LogP contribution in [0.1, 0.15) is 20.3 Å². The summed E-state index contributed by atoms with van der Waals surface area (Å²) in [6.45, 7) is 5.62. The summed E-state index contributed by atoms with van der Waals surface area (Å²) in [6, 6.07) is 0.282. The summed E-state index contributed by atoms with van der Waals surface area (Å²) in [5, 5.41) is 3.09. The van der Waals surface area contributed by atoms with E-state index in [1.54, 1.807) is 7.05 Å². The Labute approximate surface area is 112 Å². The molecule has 1 aliphatic rings. The fourth-order valence-corrected chi connectivity index (χ4v) is 2.16. The molecule has 7 heteroatoms. The van der Waals surface area contributed by atoms with Crippen LogP contribution in [0.5, 0.6) is 0 Å². The van der Waals surface area contributed by atoms with Gasteiger partial charge in [0.1, 0.15) is 0 Å². The quantitative estimate of drug-likeness (QED) is 0.900. The molecule has 0 aromatic carbocycles. The van der Waals surface area contributed by atoms with Crippen molar-refractivity contribution in [1.29, 1.82) is 0 Å². The highest BCUT2D eigenvalue weighted by Gasteiger charge is 2.28. The predicted octanol–water partition coefficient (Wildman–Crippen LogP) is 1.57. The zero-order valence-electron chi connectivity index (χ0n) is 10.9. The lowest BCUT2D eigenvalue weighted by Crippen LogP contribution is -2.49. The van der Waals surface area contributed by atoms with E-state index in [0.717, 1.165) is 13.0 Å². The second-order valence-corrected chi connectivity index (χ2v) is 4.67. The van der Waals surface area contributed by atoms with E-state index < -0.39 is 0 Å². The molecular weight excluding hydrogens is 254 g/mol. The maximum absolute atomic E-state index is 5.92. The van der Waals surface area contributed by atoms with Crippen molar-refractivity contribution in [3.05, 3.63) is 5.28 Å². The van der Waals surface area contributed by atoms with Crippen LogP contribution in [-0.4, -0.2) is 47.3 Å². The van der Waals surface area contributed by atoms with E-state index >= 15 is 0 Å². The van der Waals surface area contributed by atoms with Gasteiger partial charge in [0.2, 0.25) is 17.2 Å². The molecule has 1 saturated heterocycles. The molecule has 1 aliphatic heterocycles. The van der Waals surface area contributed by atoms with Crippen molar-refractivity contribution in [3.8, 4) is 0 Å². The van der Waals surface area contributed by atoms with Crippen LogP contribution in [0.2, 0.25) is 5.28 Å². The molecule has 2 heterocycles. The predicted molar refractivity (Wildman–Crippen MR) is 71.2 cm³/mol. The Morgan fingerprint density at radius 1 is 1.44 bits per heavy atom. The third-order valence-corrected chi connectivity index (χ3v) is 3.18. The smallest absolute Gasteiger partial charge is 0.231 e. The first-order valence-electron chi connectivity index (χ1n) is 6.11. The number of anilines is 2. The van der Waals surface area contributed by atoms with Gasteiger partial charge in [-0.25, -0.2) is 0 Å². The first-order chi connectivity index (χ1) is 8.63. The molecule has 0 amide bonds.